The summed E-state index contributed by atoms with van der Waals surface area (Å²) in [5.74, 6) is -0.207. The number of hydrogen-bond acceptors (Lipinski definition) is 2. The van der Waals surface area contributed by atoms with Crippen LogP contribution in [-0.4, -0.2) is 11.4 Å². The van der Waals surface area contributed by atoms with Gasteiger partial charge in [-0.1, -0.05) is 35.8 Å². The fourth-order valence-electron chi connectivity index (χ4n) is 1.64. The number of nitriles is 1. The van der Waals surface area contributed by atoms with E-state index in [1.54, 1.807) is 12.1 Å². The third kappa shape index (κ3) is 3.11. The summed E-state index contributed by atoms with van der Waals surface area (Å²) in [5.41, 5.74) is 0.868. The fourth-order valence-corrected chi connectivity index (χ4v) is 2.02. The average Bonchev–Trinajstić information content (AvgIpc) is 2.39. The molecule has 1 aromatic carbocycles. The van der Waals surface area contributed by atoms with Gasteiger partial charge in [0, 0.05) is 10.0 Å². The summed E-state index contributed by atoms with van der Waals surface area (Å²) in [6, 6.07) is 7.62. The molecule has 0 aromatic heterocycles. The number of nitrogens with zero attached hydrogens (tertiary/aromatic N) is 1. The van der Waals surface area contributed by atoms with Gasteiger partial charge < -0.3 is 5.32 Å². The second-order valence-electron chi connectivity index (χ2n) is 4.32. The van der Waals surface area contributed by atoms with Crippen LogP contribution in [-0.2, 0) is 0 Å². The molecule has 3 nitrogen and oxygen atoms in total. The first-order chi connectivity index (χ1) is 8.48. The van der Waals surface area contributed by atoms with Gasteiger partial charge in [0.1, 0.15) is 5.54 Å². The van der Waals surface area contributed by atoms with Crippen LogP contribution in [0, 0.1) is 18.3 Å². The molecule has 1 rings (SSSR count). The minimum atomic E-state index is -0.769. The van der Waals surface area contributed by atoms with Gasteiger partial charge in [-0.15, -0.1) is 0 Å². The summed E-state index contributed by atoms with van der Waals surface area (Å²) in [4.78, 5) is 12.1. The third-order valence-electron chi connectivity index (χ3n) is 3.21. The van der Waals surface area contributed by atoms with Gasteiger partial charge in [-0.05, 0) is 37.5 Å². The van der Waals surface area contributed by atoms with Gasteiger partial charge in [-0.25, -0.2) is 0 Å². The summed E-state index contributed by atoms with van der Waals surface area (Å²) in [6.45, 7) is 5.76. The van der Waals surface area contributed by atoms with Crippen molar-refractivity contribution in [3.8, 4) is 6.07 Å². The molecule has 0 aliphatic carbocycles. The van der Waals surface area contributed by atoms with Crippen LogP contribution in [0.2, 0.25) is 0 Å². The van der Waals surface area contributed by atoms with Crippen molar-refractivity contribution >= 4 is 21.8 Å². The van der Waals surface area contributed by atoms with E-state index in [0.29, 0.717) is 18.4 Å². The SMILES string of the molecule is CCC(C#N)(CC)NC(=O)c1ccc(C)c(Br)c1. The number of aryl methyl sites for hydroxylation is 1. The molecule has 1 N–H and O–H groups in total. The van der Waals surface area contributed by atoms with E-state index in [9.17, 15) is 10.1 Å². The molecule has 0 atom stereocenters. The third-order valence-corrected chi connectivity index (χ3v) is 4.06. The Morgan fingerprint density at radius 2 is 2.06 bits per heavy atom. The van der Waals surface area contributed by atoms with Crippen LogP contribution >= 0.6 is 15.9 Å². The molecule has 0 aliphatic rings. The van der Waals surface area contributed by atoms with Crippen molar-refractivity contribution in [1.82, 2.24) is 5.32 Å². The van der Waals surface area contributed by atoms with Gasteiger partial charge in [-0.3, -0.25) is 4.79 Å². The predicted octanol–water partition coefficient (Wildman–Crippen LogP) is 3.57. The van der Waals surface area contributed by atoms with Crippen LogP contribution in [0.15, 0.2) is 22.7 Å². The highest BCUT2D eigenvalue weighted by Crippen LogP contribution is 2.19. The summed E-state index contributed by atoms with van der Waals surface area (Å²) >= 11 is 3.40. The van der Waals surface area contributed by atoms with Crippen LogP contribution in [0.4, 0.5) is 0 Å². The van der Waals surface area contributed by atoms with E-state index in [1.165, 1.54) is 0 Å². The van der Waals surface area contributed by atoms with Crippen molar-refractivity contribution in [2.24, 2.45) is 0 Å². The van der Waals surface area contributed by atoms with Gasteiger partial charge in [0.05, 0.1) is 6.07 Å². The van der Waals surface area contributed by atoms with Crippen molar-refractivity contribution in [2.45, 2.75) is 39.2 Å². The Kier molecular flexibility index (Phi) is 4.92. The maximum atomic E-state index is 12.1. The van der Waals surface area contributed by atoms with E-state index in [2.05, 4.69) is 27.3 Å². The second-order valence-corrected chi connectivity index (χ2v) is 5.17. The Morgan fingerprint density at radius 3 is 2.50 bits per heavy atom. The van der Waals surface area contributed by atoms with E-state index >= 15 is 0 Å². The summed E-state index contributed by atoms with van der Waals surface area (Å²) in [6.07, 6.45) is 1.19. The lowest BCUT2D eigenvalue weighted by atomic mass is 9.94. The van der Waals surface area contributed by atoms with Crippen LogP contribution < -0.4 is 5.32 Å². The zero-order valence-electron chi connectivity index (χ0n) is 10.9. The summed E-state index contributed by atoms with van der Waals surface area (Å²) in [7, 11) is 0. The standard InChI is InChI=1S/C14H17BrN2O/c1-4-14(5-2,9-16)17-13(18)11-7-6-10(3)12(15)8-11/h6-8H,4-5H2,1-3H3,(H,17,18). The normalized spacial score (nSPS) is 10.8. The first-order valence-corrected chi connectivity index (χ1v) is 6.77. The van der Waals surface area contributed by atoms with Crippen LogP contribution in [0.3, 0.4) is 0 Å². The Labute approximate surface area is 116 Å². The van der Waals surface area contributed by atoms with Crippen molar-refractivity contribution in [3.05, 3.63) is 33.8 Å². The summed E-state index contributed by atoms with van der Waals surface area (Å²) < 4.78 is 0.894. The molecule has 0 unspecified atom stereocenters. The molecule has 0 spiro atoms. The zero-order valence-corrected chi connectivity index (χ0v) is 12.5. The maximum absolute atomic E-state index is 12.1. The minimum absolute atomic E-state index is 0.207. The number of amides is 1. The molecule has 96 valence electrons. The van der Waals surface area contributed by atoms with E-state index < -0.39 is 5.54 Å². The topological polar surface area (TPSA) is 52.9 Å². The molecule has 0 fully saturated rings. The van der Waals surface area contributed by atoms with E-state index in [0.717, 1.165) is 10.0 Å². The molecule has 0 heterocycles. The van der Waals surface area contributed by atoms with Crippen LogP contribution in [0.25, 0.3) is 0 Å². The maximum Gasteiger partial charge on any atom is 0.252 e. The monoisotopic (exact) mass is 308 g/mol. The van der Waals surface area contributed by atoms with Crippen molar-refractivity contribution in [1.29, 1.82) is 5.26 Å². The van der Waals surface area contributed by atoms with Crippen molar-refractivity contribution in [3.63, 3.8) is 0 Å². The van der Waals surface area contributed by atoms with Crippen molar-refractivity contribution in [2.75, 3.05) is 0 Å². The van der Waals surface area contributed by atoms with Gasteiger partial charge in [0.25, 0.3) is 5.91 Å². The van der Waals surface area contributed by atoms with E-state index in [-0.39, 0.29) is 5.91 Å². The summed E-state index contributed by atoms with van der Waals surface area (Å²) in [5, 5.41) is 12.0. The molecule has 18 heavy (non-hydrogen) atoms. The van der Waals surface area contributed by atoms with E-state index in [1.807, 2.05) is 26.8 Å². The number of hydrogen-bond donors (Lipinski definition) is 1. The Bertz CT molecular complexity index is 487. The lowest BCUT2D eigenvalue weighted by Gasteiger charge is -2.25. The number of carbonyl (C=O) groups is 1. The lowest BCUT2D eigenvalue weighted by Crippen LogP contribution is -2.46. The molecular formula is C14H17BrN2O. The number of nitrogens with one attached hydrogen (secondary N) is 1. The highest BCUT2D eigenvalue weighted by atomic mass is 79.9. The number of halogens is 1. The highest BCUT2D eigenvalue weighted by molar-refractivity contribution is 9.10. The smallest absolute Gasteiger partial charge is 0.252 e. The molecule has 0 bridgehead atoms. The number of rotatable bonds is 4. The zero-order chi connectivity index (χ0) is 13.8. The predicted molar refractivity (Wildman–Crippen MR) is 75.3 cm³/mol. The first-order valence-electron chi connectivity index (χ1n) is 5.98. The number of benzene rings is 1. The molecule has 4 heteroatoms. The van der Waals surface area contributed by atoms with Gasteiger partial charge in [-0.2, -0.15) is 5.26 Å². The molecule has 0 aliphatic heterocycles. The molecular weight excluding hydrogens is 292 g/mol. The second kappa shape index (κ2) is 6.01. The van der Waals surface area contributed by atoms with Gasteiger partial charge in [0.2, 0.25) is 0 Å². The van der Waals surface area contributed by atoms with Gasteiger partial charge >= 0.3 is 0 Å². The molecule has 0 saturated carbocycles. The van der Waals surface area contributed by atoms with Crippen LogP contribution in [0.5, 0.6) is 0 Å². The molecule has 1 amide bonds. The fraction of sp³-hybridized carbons (Fsp3) is 0.429. The lowest BCUT2D eigenvalue weighted by molar-refractivity contribution is 0.0915. The Hall–Kier alpha value is -1.34. The molecule has 1 aromatic rings. The Balaban J connectivity index is 2.95. The molecule has 0 saturated heterocycles. The minimum Gasteiger partial charge on any atom is -0.334 e. The van der Waals surface area contributed by atoms with Gasteiger partial charge in [0.15, 0.2) is 0 Å². The largest absolute Gasteiger partial charge is 0.334 e. The highest BCUT2D eigenvalue weighted by Gasteiger charge is 2.28. The van der Waals surface area contributed by atoms with Crippen LogP contribution in [0.1, 0.15) is 42.6 Å². The number of carbonyl (C=O) groups excluding carboxylic acids is 1. The van der Waals surface area contributed by atoms with E-state index in [4.69, 9.17) is 0 Å². The Morgan fingerprint density at radius 1 is 1.44 bits per heavy atom. The quantitative estimate of drug-likeness (QED) is 0.924. The van der Waals surface area contributed by atoms with Crippen molar-refractivity contribution < 1.29 is 4.79 Å². The molecule has 0 radical (unpaired) electrons. The average molecular weight is 309 g/mol. The first kappa shape index (κ1) is 14.7.